The van der Waals surface area contributed by atoms with E-state index in [0.29, 0.717) is 18.1 Å². The zero-order valence-corrected chi connectivity index (χ0v) is 12.6. The number of hydrogen-bond donors (Lipinski definition) is 2. The number of methoxy groups -OCH3 is 1. The second-order valence-corrected chi connectivity index (χ2v) is 5.17. The average Bonchev–Trinajstić information content (AvgIpc) is 2.41. The van der Waals surface area contributed by atoms with Crippen LogP contribution in [-0.2, 0) is 4.74 Å². The molecule has 6 nitrogen and oxygen atoms in total. The van der Waals surface area contributed by atoms with Gasteiger partial charge in [-0.15, -0.1) is 0 Å². The third-order valence-corrected chi connectivity index (χ3v) is 2.82. The van der Waals surface area contributed by atoms with Crippen LogP contribution in [0, 0.1) is 12.8 Å². The van der Waals surface area contributed by atoms with Crippen LogP contribution in [0.1, 0.15) is 25.1 Å². The van der Waals surface area contributed by atoms with Crippen molar-refractivity contribution in [1.82, 2.24) is 4.98 Å². The maximum Gasteiger partial charge on any atom is 0.170 e. The minimum atomic E-state index is 0.0907. The highest BCUT2D eigenvalue weighted by atomic mass is 16.5. The van der Waals surface area contributed by atoms with E-state index in [1.807, 2.05) is 13.0 Å². The Balaban J connectivity index is 3.08. The number of aryl methyl sites for hydroxylation is 1. The van der Waals surface area contributed by atoms with Crippen molar-refractivity contribution in [1.29, 1.82) is 0 Å². The van der Waals surface area contributed by atoms with E-state index in [2.05, 4.69) is 28.9 Å². The van der Waals surface area contributed by atoms with Gasteiger partial charge in [-0.3, -0.25) is 0 Å². The van der Waals surface area contributed by atoms with E-state index >= 15 is 0 Å². The third kappa shape index (κ3) is 4.70. The van der Waals surface area contributed by atoms with Crippen molar-refractivity contribution < 1.29 is 9.94 Å². The second kappa shape index (κ2) is 7.69. The van der Waals surface area contributed by atoms with Gasteiger partial charge in [0.1, 0.15) is 5.82 Å². The average molecular weight is 280 g/mol. The van der Waals surface area contributed by atoms with Crippen molar-refractivity contribution in [3.63, 3.8) is 0 Å². The molecule has 1 aromatic heterocycles. The Kier molecular flexibility index (Phi) is 6.24. The van der Waals surface area contributed by atoms with E-state index in [1.165, 1.54) is 0 Å². The summed E-state index contributed by atoms with van der Waals surface area (Å²) < 4.78 is 5.15. The van der Waals surface area contributed by atoms with Crippen LogP contribution in [0.2, 0.25) is 0 Å². The summed E-state index contributed by atoms with van der Waals surface area (Å²) >= 11 is 0. The van der Waals surface area contributed by atoms with E-state index in [1.54, 1.807) is 13.2 Å². The highest BCUT2D eigenvalue weighted by molar-refractivity contribution is 5.97. The number of anilines is 1. The first kappa shape index (κ1) is 16.2. The predicted molar refractivity (Wildman–Crippen MR) is 80.4 cm³/mol. The Bertz CT molecular complexity index is 460. The molecule has 0 aliphatic heterocycles. The van der Waals surface area contributed by atoms with Crippen LogP contribution in [-0.4, -0.2) is 42.8 Å². The Labute approximate surface area is 120 Å². The lowest BCUT2D eigenvalue weighted by atomic mass is 10.1. The summed E-state index contributed by atoms with van der Waals surface area (Å²) in [7, 11) is 1.68. The quantitative estimate of drug-likeness (QED) is 0.343. The van der Waals surface area contributed by atoms with Crippen molar-refractivity contribution in [2.24, 2.45) is 16.8 Å². The van der Waals surface area contributed by atoms with Gasteiger partial charge in [0.25, 0.3) is 0 Å². The van der Waals surface area contributed by atoms with Crippen molar-refractivity contribution in [2.75, 3.05) is 31.7 Å². The zero-order chi connectivity index (χ0) is 15.1. The summed E-state index contributed by atoms with van der Waals surface area (Å²) in [6, 6.07) is 3.63. The van der Waals surface area contributed by atoms with Crippen LogP contribution in [0.3, 0.4) is 0 Å². The SMILES string of the molecule is COCCN(CC(C)C)c1cc(/C(N)=N/O)cc(C)n1. The first-order chi connectivity index (χ1) is 9.47. The molecule has 0 fully saturated rings. The fourth-order valence-electron chi connectivity index (χ4n) is 1.96. The number of nitrogens with zero attached hydrogens (tertiary/aromatic N) is 3. The topological polar surface area (TPSA) is 84.0 Å². The van der Waals surface area contributed by atoms with Crippen molar-refractivity contribution in [3.05, 3.63) is 23.4 Å². The molecule has 112 valence electrons. The van der Waals surface area contributed by atoms with Gasteiger partial charge in [0.05, 0.1) is 6.61 Å². The number of pyridine rings is 1. The highest BCUT2D eigenvalue weighted by Gasteiger charge is 2.12. The van der Waals surface area contributed by atoms with E-state index in [9.17, 15) is 0 Å². The maximum absolute atomic E-state index is 8.80. The minimum Gasteiger partial charge on any atom is -0.409 e. The molecule has 0 atom stereocenters. The van der Waals surface area contributed by atoms with Gasteiger partial charge < -0.3 is 20.6 Å². The van der Waals surface area contributed by atoms with Gasteiger partial charge in [-0.05, 0) is 25.0 Å². The summed E-state index contributed by atoms with van der Waals surface area (Å²) in [5.74, 6) is 1.41. The molecular formula is C14H24N4O2. The van der Waals surface area contributed by atoms with E-state index in [0.717, 1.165) is 24.6 Å². The molecular weight excluding hydrogens is 256 g/mol. The summed E-state index contributed by atoms with van der Waals surface area (Å²) in [4.78, 5) is 6.68. The molecule has 0 unspecified atom stereocenters. The monoisotopic (exact) mass is 280 g/mol. The van der Waals surface area contributed by atoms with E-state index < -0.39 is 0 Å². The molecule has 0 spiro atoms. The number of aromatic nitrogens is 1. The Hall–Kier alpha value is -1.82. The standard InChI is InChI=1S/C14H24N4O2/c1-10(2)9-18(5-6-20-4)13-8-12(14(15)17-19)7-11(3)16-13/h7-8,10,19H,5-6,9H2,1-4H3,(H2,15,17). The van der Waals surface area contributed by atoms with Crippen molar-refractivity contribution >= 4 is 11.7 Å². The molecule has 0 aromatic carbocycles. The van der Waals surface area contributed by atoms with Crippen LogP contribution in [0.4, 0.5) is 5.82 Å². The molecule has 0 bridgehead atoms. The normalized spacial score (nSPS) is 11.9. The van der Waals surface area contributed by atoms with Crippen LogP contribution in [0.5, 0.6) is 0 Å². The Morgan fingerprint density at radius 1 is 1.50 bits per heavy atom. The first-order valence-electron chi connectivity index (χ1n) is 6.68. The fourth-order valence-corrected chi connectivity index (χ4v) is 1.96. The molecule has 0 radical (unpaired) electrons. The molecule has 0 saturated heterocycles. The van der Waals surface area contributed by atoms with Gasteiger partial charge in [-0.2, -0.15) is 0 Å². The lowest BCUT2D eigenvalue weighted by Gasteiger charge is -2.26. The smallest absolute Gasteiger partial charge is 0.170 e. The van der Waals surface area contributed by atoms with Gasteiger partial charge in [-0.1, -0.05) is 19.0 Å². The van der Waals surface area contributed by atoms with Crippen LogP contribution >= 0.6 is 0 Å². The molecule has 1 heterocycles. The minimum absolute atomic E-state index is 0.0907. The first-order valence-corrected chi connectivity index (χ1v) is 6.68. The van der Waals surface area contributed by atoms with E-state index in [-0.39, 0.29) is 5.84 Å². The number of hydrogen-bond acceptors (Lipinski definition) is 5. The Morgan fingerprint density at radius 2 is 2.20 bits per heavy atom. The molecule has 0 amide bonds. The van der Waals surface area contributed by atoms with Gasteiger partial charge in [0.15, 0.2) is 5.84 Å². The zero-order valence-electron chi connectivity index (χ0n) is 12.6. The van der Waals surface area contributed by atoms with Gasteiger partial charge in [-0.25, -0.2) is 4.98 Å². The van der Waals surface area contributed by atoms with Gasteiger partial charge >= 0.3 is 0 Å². The summed E-state index contributed by atoms with van der Waals surface area (Å²) in [5.41, 5.74) is 7.16. The number of nitrogens with two attached hydrogens (primary N) is 1. The largest absolute Gasteiger partial charge is 0.409 e. The Morgan fingerprint density at radius 3 is 2.75 bits per heavy atom. The maximum atomic E-state index is 8.80. The van der Waals surface area contributed by atoms with Crippen LogP contribution < -0.4 is 10.6 Å². The summed E-state index contributed by atoms with van der Waals surface area (Å²) in [5, 5.41) is 11.9. The number of rotatable bonds is 7. The molecule has 0 aliphatic carbocycles. The molecule has 1 aromatic rings. The van der Waals surface area contributed by atoms with Crippen molar-refractivity contribution in [2.45, 2.75) is 20.8 Å². The number of amidine groups is 1. The number of oxime groups is 1. The molecule has 0 saturated carbocycles. The second-order valence-electron chi connectivity index (χ2n) is 5.17. The highest BCUT2D eigenvalue weighted by Crippen LogP contribution is 2.16. The molecule has 1 rings (SSSR count). The predicted octanol–water partition coefficient (Wildman–Crippen LogP) is 1.59. The molecule has 0 aliphatic rings. The van der Waals surface area contributed by atoms with Gasteiger partial charge in [0, 0.05) is 31.5 Å². The van der Waals surface area contributed by atoms with Gasteiger partial charge in [0.2, 0.25) is 0 Å². The lowest BCUT2D eigenvalue weighted by Crippen LogP contribution is -2.32. The molecule has 6 heteroatoms. The van der Waals surface area contributed by atoms with Crippen LogP contribution in [0.15, 0.2) is 17.3 Å². The third-order valence-electron chi connectivity index (χ3n) is 2.82. The summed E-state index contributed by atoms with van der Waals surface area (Å²) in [6.07, 6.45) is 0. The van der Waals surface area contributed by atoms with Crippen LogP contribution in [0.25, 0.3) is 0 Å². The summed E-state index contributed by atoms with van der Waals surface area (Å²) in [6.45, 7) is 8.44. The fraction of sp³-hybridized carbons (Fsp3) is 0.571. The van der Waals surface area contributed by atoms with E-state index in [4.69, 9.17) is 15.7 Å². The number of ether oxygens (including phenoxy) is 1. The molecule has 20 heavy (non-hydrogen) atoms. The molecule has 3 N–H and O–H groups in total. The van der Waals surface area contributed by atoms with Crippen molar-refractivity contribution in [3.8, 4) is 0 Å². The lowest BCUT2D eigenvalue weighted by molar-refractivity contribution is 0.204.